The fourth-order valence-corrected chi connectivity index (χ4v) is 1.73. The number of rotatable bonds is 1. The average Bonchev–Trinajstić information content (AvgIpc) is 2.06. The quantitative estimate of drug-likeness (QED) is 0.611. The molecule has 0 saturated carbocycles. The van der Waals surface area contributed by atoms with Gasteiger partial charge in [-0.25, -0.2) is 0 Å². The molecule has 1 aliphatic heterocycles. The van der Waals surface area contributed by atoms with E-state index < -0.39 is 0 Å². The minimum atomic E-state index is 0.686. The van der Waals surface area contributed by atoms with Crippen molar-refractivity contribution >= 4 is 0 Å². The second-order valence-corrected chi connectivity index (χ2v) is 3.70. The van der Waals surface area contributed by atoms with Gasteiger partial charge in [-0.2, -0.15) is 0 Å². The van der Waals surface area contributed by atoms with Crippen LogP contribution in [0.2, 0.25) is 0 Å². The number of hydrogen-bond acceptors (Lipinski definition) is 1. The first-order valence-electron chi connectivity index (χ1n) is 4.54. The van der Waals surface area contributed by atoms with Gasteiger partial charge in [0.25, 0.3) is 0 Å². The molecule has 0 N–H and O–H groups in total. The van der Waals surface area contributed by atoms with Crippen molar-refractivity contribution in [3.05, 3.63) is 35.4 Å². The van der Waals surface area contributed by atoms with Crippen LogP contribution in [0.4, 0.5) is 0 Å². The summed E-state index contributed by atoms with van der Waals surface area (Å²) in [5.41, 5.74) is 2.81. The number of aryl methyl sites for hydroxylation is 1. The van der Waals surface area contributed by atoms with Gasteiger partial charge in [-0.1, -0.05) is 29.8 Å². The third-order valence-electron chi connectivity index (χ3n) is 2.75. The van der Waals surface area contributed by atoms with Crippen LogP contribution < -0.4 is 0 Å². The fourth-order valence-electron chi connectivity index (χ4n) is 1.73. The zero-order chi connectivity index (χ0) is 8.55. The Morgan fingerprint density at radius 2 is 1.92 bits per heavy atom. The SMILES string of the molecule is Cc1ccc(C2CCN2C)cc1. The summed E-state index contributed by atoms with van der Waals surface area (Å²) in [6.45, 7) is 3.38. The van der Waals surface area contributed by atoms with Gasteiger partial charge in [-0.15, -0.1) is 0 Å². The van der Waals surface area contributed by atoms with Crippen molar-refractivity contribution in [2.24, 2.45) is 0 Å². The largest absolute Gasteiger partial charge is 0.299 e. The number of likely N-dealkylation sites (tertiary alicyclic amines) is 1. The van der Waals surface area contributed by atoms with Gasteiger partial charge < -0.3 is 0 Å². The smallest absolute Gasteiger partial charge is 0.0357 e. The second kappa shape index (κ2) is 2.91. The van der Waals surface area contributed by atoms with Crippen molar-refractivity contribution in [2.45, 2.75) is 19.4 Å². The van der Waals surface area contributed by atoms with Crippen molar-refractivity contribution in [3.63, 3.8) is 0 Å². The first-order chi connectivity index (χ1) is 5.77. The standard InChI is InChI=1S/C11H15N/c1-9-3-5-10(6-4-9)11-7-8-12(11)2/h3-6,11H,7-8H2,1-2H3. The third-order valence-corrected chi connectivity index (χ3v) is 2.75. The maximum absolute atomic E-state index is 2.39. The topological polar surface area (TPSA) is 3.24 Å². The molecule has 1 fully saturated rings. The van der Waals surface area contributed by atoms with E-state index >= 15 is 0 Å². The lowest BCUT2D eigenvalue weighted by atomic mass is 9.95. The fraction of sp³-hybridized carbons (Fsp3) is 0.455. The van der Waals surface area contributed by atoms with Gasteiger partial charge in [0.15, 0.2) is 0 Å². The van der Waals surface area contributed by atoms with Crippen LogP contribution >= 0.6 is 0 Å². The normalized spacial score (nSPS) is 23.7. The van der Waals surface area contributed by atoms with E-state index in [1.807, 2.05) is 0 Å². The van der Waals surface area contributed by atoms with Gasteiger partial charge in [0.1, 0.15) is 0 Å². The van der Waals surface area contributed by atoms with Gasteiger partial charge >= 0.3 is 0 Å². The molecule has 1 nitrogen and oxygen atoms in total. The monoisotopic (exact) mass is 161 g/mol. The van der Waals surface area contributed by atoms with Crippen LogP contribution in [0.15, 0.2) is 24.3 Å². The molecule has 1 aromatic carbocycles. The lowest BCUT2D eigenvalue weighted by Crippen LogP contribution is -2.37. The summed E-state index contributed by atoms with van der Waals surface area (Å²) in [4.78, 5) is 2.39. The second-order valence-electron chi connectivity index (χ2n) is 3.70. The molecule has 1 aliphatic rings. The van der Waals surface area contributed by atoms with E-state index in [-0.39, 0.29) is 0 Å². The van der Waals surface area contributed by atoms with E-state index in [1.165, 1.54) is 24.1 Å². The Balaban J connectivity index is 2.18. The van der Waals surface area contributed by atoms with E-state index in [0.29, 0.717) is 6.04 Å². The van der Waals surface area contributed by atoms with Crippen molar-refractivity contribution in [1.29, 1.82) is 0 Å². The van der Waals surface area contributed by atoms with E-state index in [9.17, 15) is 0 Å². The van der Waals surface area contributed by atoms with Crippen LogP contribution in [0, 0.1) is 6.92 Å². The number of nitrogens with zero attached hydrogens (tertiary/aromatic N) is 1. The van der Waals surface area contributed by atoms with Crippen LogP contribution in [-0.4, -0.2) is 18.5 Å². The predicted molar refractivity (Wildman–Crippen MR) is 51.2 cm³/mol. The molecule has 1 atom stereocenters. The van der Waals surface area contributed by atoms with Gasteiger partial charge in [-0.3, -0.25) is 4.90 Å². The maximum Gasteiger partial charge on any atom is 0.0357 e. The highest BCUT2D eigenvalue weighted by atomic mass is 15.2. The Labute approximate surface area is 74.0 Å². The van der Waals surface area contributed by atoms with Crippen molar-refractivity contribution in [3.8, 4) is 0 Å². The summed E-state index contributed by atoms with van der Waals surface area (Å²) >= 11 is 0. The molecule has 0 spiro atoms. The Hall–Kier alpha value is -0.820. The van der Waals surface area contributed by atoms with Gasteiger partial charge in [0, 0.05) is 12.6 Å². The molecule has 1 unspecified atom stereocenters. The van der Waals surface area contributed by atoms with Crippen LogP contribution in [-0.2, 0) is 0 Å². The van der Waals surface area contributed by atoms with Gasteiger partial charge in [-0.05, 0) is 26.0 Å². The lowest BCUT2D eigenvalue weighted by molar-refractivity contribution is 0.128. The van der Waals surface area contributed by atoms with E-state index in [4.69, 9.17) is 0 Å². The molecule has 1 heterocycles. The summed E-state index contributed by atoms with van der Waals surface area (Å²) in [6.07, 6.45) is 1.32. The van der Waals surface area contributed by atoms with Gasteiger partial charge in [0.05, 0.1) is 0 Å². The first kappa shape index (κ1) is 7.81. The number of benzene rings is 1. The van der Waals surface area contributed by atoms with E-state index in [1.54, 1.807) is 0 Å². The Morgan fingerprint density at radius 3 is 2.33 bits per heavy atom. The van der Waals surface area contributed by atoms with Crippen LogP contribution in [0.3, 0.4) is 0 Å². The summed E-state index contributed by atoms with van der Waals surface area (Å²) < 4.78 is 0. The first-order valence-corrected chi connectivity index (χ1v) is 4.54. The molecule has 0 radical (unpaired) electrons. The van der Waals surface area contributed by atoms with E-state index in [2.05, 4.69) is 43.1 Å². The van der Waals surface area contributed by atoms with Crippen molar-refractivity contribution in [1.82, 2.24) is 4.90 Å². The zero-order valence-electron chi connectivity index (χ0n) is 7.75. The molecule has 1 saturated heterocycles. The Morgan fingerprint density at radius 1 is 1.25 bits per heavy atom. The molecular weight excluding hydrogens is 146 g/mol. The Kier molecular flexibility index (Phi) is 1.89. The van der Waals surface area contributed by atoms with Crippen LogP contribution in [0.5, 0.6) is 0 Å². The summed E-state index contributed by atoms with van der Waals surface area (Å²) in [5.74, 6) is 0. The van der Waals surface area contributed by atoms with Crippen molar-refractivity contribution < 1.29 is 0 Å². The zero-order valence-corrected chi connectivity index (χ0v) is 7.75. The maximum atomic E-state index is 2.39. The van der Waals surface area contributed by atoms with Crippen LogP contribution in [0.1, 0.15) is 23.6 Å². The lowest BCUT2D eigenvalue weighted by Gasteiger charge is -2.38. The molecule has 12 heavy (non-hydrogen) atoms. The minimum absolute atomic E-state index is 0.686. The molecule has 0 aromatic heterocycles. The molecule has 2 rings (SSSR count). The molecule has 1 heteroatoms. The van der Waals surface area contributed by atoms with Crippen LogP contribution in [0.25, 0.3) is 0 Å². The minimum Gasteiger partial charge on any atom is -0.299 e. The highest BCUT2D eigenvalue weighted by Gasteiger charge is 2.24. The van der Waals surface area contributed by atoms with E-state index in [0.717, 1.165) is 0 Å². The summed E-state index contributed by atoms with van der Waals surface area (Å²) in [6, 6.07) is 9.57. The molecule has 64 valence electrons. The highest BCUT2D eigenvalue weighted by molar-refractivity contribution is 5.25. The Bertz CT molecular complexity index is 263. The average molecular weight is 161 g/mol. The van der Waals surface area contributed by atoms with Crippen molar-refractivity contribution in [2.75, 3.05) is 13.6 Å². The molecular formula is C11H15N. The predicted octanol–water partition coefficient (Wildman–Crippen LogP) is 2.37. The molecule has 0 bridgehead atoms. The third kappa shape index (κ3) is 1.25. The molecule has 0 amide bonds. The summed E-state index contributed by atoms with van der Waals surface area (Å²) in [7, 11) is 2.19. The molecule has 1 aromatic rings. The molecule has 0 aliphatic carbocycles. The van der Waals surface area contributed by atoms with Gasteiger partial charge in [0.2, 0.25) is 0 Å². The summed E-state index contributed by atoms with van der Waals surface area (Å²) in [5, 5.41) is 0. The number of hydrogen-bond donors (Lipinski definition) is 0. The highest BCUT2D eigenvalue weighted by Crippen LogP contribution is 2.30.